The van der Waals surface area contributed by atoms with Crippen molar-refractivity contribution in [3.8, 4) is 0 Å². The molecule has 0 aliphatic carbocycles. The molecule has 0 spiro atoms. The van der Waals surface area contributed by atoms with Gasteiger partial charge in [0.25, 0.3) is 5.91 Å². The van der Waals surface area contributed by atoms with Crippen LogP contribution in [-0.4, -0.2) is 11.9 Å². The molecule has 0 atom stereocenters. The Hall–Kier alpha value is -2.33. The summed E-state index contributed by atoms with van der Waals surface area (Å²) in [6, 6.07) is 12.4. The zero-order chi connectivity index (χ0) is 13.8. The van der Waals surface area contributed by atoms with Crippen molar-refractivity contribution in [1.29, 1.82) is 0 Å². The average molecular weight is 275 g/mol. The highest BCUT2D eigenvalue weighted by atomic mass is 35.5. The summed E-state index contributed by atoms with van der Waals surface area (Å²) in [7, 11) is 0. The molecule has 2 aromatic rings. The summed E-state index contributed by atoms with van der Waals surface area (Å²) < 4.78 is 0. The van der Waals surface area contributed by atoms with Crippen LogP contribution in [0.15, 0.2) is 48.5 Å². The normalized spacial score (nSPS) is 9.95. The van der Waals surface area contributed by atoms with Crippen molar-refractivity contribution in [1.82, 2.24) is 0 Å². The van der Waals surface area contributed by atoms with Crippen molar-refractivity contribution in [3.05, 3.63) is 64.7 Å². The molecule has 96 valence electrons. The summed E-state index contributed by atoms with van der Waals surface area (Å²) in [5.74, 6) is -1.92. The van der Waals surface area contributed by atoms with Crippen LogP contribution in [-0.2, 0) is 0 Å². The first kappa shape index (κ1) is 13.1. The van der Waals surface area contributed by atoms with Crippen molar-refractivity contribution >= 4 is 29.2 Å². The third kappa shape index (κ3) is 3.11. The standard InChI is InChI=1S/C14H10ClNO3/c15-9-4-3-5-10(8-9)16-13(17)11-6-1-2-7-12(11)14(18)19/h1-8H,(H,16,17)(H,18,19)/p-1. The Morgan fingerprint density at radius 1 is 1.00 bits per heavy atom. The van der Waals surface area contributed by atoms with Crippen LogP contribution in [0.2, 0.25) is 5.02 Å². The predicted octanol–water partition coefficient (Wildman–Crippen LogP) is 1.96. The van der Waals surface area contributed by atoms with Crippen molar-refractivity contribution in [3.63, 3.8) is 0 Å². The van der Waals surface area contributed by atoms with Crippen molar-refractivity contribution in [2.75, 3.05) is 5.32 Å². The molecule has 0 fully saturated rings. The van der Waals surface area contributed by atoms with Crippen LogP contribution in [0.25, 0.3) is 0 Å². The van der Waals surface area contributed by atoms with Crippen molar-refractivity contribution < 1.29 is 14.7 Å². The second-order valence-electron chi connectivity index (χ2n) is 3.80. The van der Waals surface area contributed by atoms with Gasteiger partial charge >= 0.3 is 0 Å². The summed E-state index contributed by atoms with van der Waals surface area (Å²) in [6.07, 6.45) is 0. The molecular weight excluding hydrogens is 266 g/mol. The van der Waals surface area contributed by atoms with Gasteiger partial charge in [-0.2, -0.15) is 0 Å². The molecule has 0 bridgehead atoms. The lowest BCUT2D eigenvalue weighted by Crippen LogP contribution is -2.26. The van der Waals surface area contributed by atoms with Crippen LogP contribution in [0.5, 0.6) is 0 Å². The Morgan fingerprint density at radius 2 is 1.68 bits per heavy atom. The van der Waals surface area contributed by atoms with Crippen molar-refractivity contribution in [2.24, 2.45) is 0 Å². The summed E-state index contributed by atoms with van der Waals surface area (Å²) in [6.45, 7) is 0. The van der Waals surface area contributed by atoms with Crippen LogP contribution < -0.4 is 10.4 Å². The van der Waals surface area contributed by atoms with E-state index in [9.17, 15) is 14.7 Å². The maximum atomic E-state index is 12.0. The maximum absolute atomic E-state index is 12.0. The van der Waals surface area contributed by atoms with Gasteiger partial charge in [0.15, 0.2) is 0 Å². The number of amides is 1. The number of benzene rings is 2. The Bertz CT molecular complexity index is 640. The van der Waals surface area contributed by atoms with Crippen molar-refractivity contribution in [2.45, 2.75) is 0 Å². The van der Waals surface area contributed by atoms with Gasteiger partial charge in [0.1, 0.15) is 0 Å². The Labute approximate surface area is 114 Å². The fourth-order valence-corrected chi connectivity index (χ4v) is 1.81. The van der Waals surface area contributed by atoms with Gasteiger partial charge in [0.2, 0.25) is 0 Å². The topological polar surface area (TPSA) is 69.2 Å². The minimum atomic E-state index is -1.39. The molecule has 0 heterocycles. The molecule has 0 aliphatic heterocycles. The summed E-state index contributed by atoms with van der Waals surface area (Å²) in [5.41, 5.74) is 0.384. The number of hydrogen-bond acceptors (Lipinski definition) is 3. The van der Waals surface area contributed by atoms with Crippen LogP contribution in [0.1, 0.15) is 20.7 Å². The van der Waals surface area contributed by atoms with Gasteiger partial charge in [-0.05, 0) is 24.3 Å². The van der Waals surface area contributed by atoms with E-state index >= 15 is 0 Å². The highest BCUT2D eigenvalue weighted by Gasteiger charge is 2.11. The number of carboxylic acid groups (broad SMARTS) is 1. The average Bonchev–Trinajstić information content (AvgIpc) is 2.38. The number of carbonyl (C=O) groups is 2. The third-order valence-electron chi connectivity index (χ3n) is 2.47. The van der Waals surface area contributed by atoms with Crippen LogP contribution >= 0.6 is 11.6 Å². The van der Waals surface area contributed by atoms with Gasteiger partial charge in [-0.3, -0.25) is 4.79 Å². The second kappa shape index (κ2) is 5.54. The van der Waals surface area contributed by atoms with E-state index in [1.54, 1.807) is 30.3 Å². The summed E-state index contributed by atoms with van der Waals surface area (Å²) in [5, 5.41) is 14.0. The van der Waals surface area contributed by atoms with Crippen LogP contribution in [0, 0.1) is 0 Å². The molecule has 0 unspecified atom stereocenters. The quantitative estimate of drug-likeness (QED) is 0.930. The number of aromatic carboxylic acids is 1. The summed E-state index contributed by atoms with van der Waals surface area (Å²) >= 11 is 5.80. The zero-order valence-corrected chi connectivity index (χ0v) is 10.5. The third-order valence-corrected chi connectivity index (χ3v) is 2.71. The number of carbonyl (C=O) groups excluding carboxylic acids is 2. The largest absolute Gasteiger partial charge is 0.545 e. The van der Waals surface area contributed by atoms with Gasteiger partial charge in [-0.1, -0.05) is 35.9 Å². The Kier molecular flexibility index (Phi) is 3.82. The molecule has 1 N–H and O–H groups in total. The van der Waals surface area contributed by atoms with E-state index in [4.69, 9.17) is 11.6 Å². The lowest BCUT2D eigenvalue weighted by molar-refractivity contribution is -0.255. The number of carboxylic acids is 1. The van der Waals surface area contributed by atoms with Gasteiger partial charge in [0.05, 0.1) is 5.97 Å². The highest BCUT2D eigenvalue weighted by molar-refractivity contribution is 6.31. The molecule has 19 heavy (non-hydrogen) atoms. The molecule has 1 amide bonds. The second-order valence-corrected chi connectivity index (χ2v) is 4.23. The van der Waals surface area contributed by atoms with E-state index in [2.05, 4.69) is 5.32 Å². The number of halogens is 1. The minimum Gasteiger partial charge on any atom is -0.545 e. The zero-order valence-electron chi connectivity index (χ0n) is 9.72. The first-order valence-electron chi connectivity index (χ1n) is 5.45. The lowest BCUT2D eigenvalue weighted by atomic mass is 10.1. The fraction of sp³-hybridized carbons (Fsp3) is 0. The monoisotopic (exact) mass is 274 g/mol. The molecule has 2 rings (SSSR count). The molecule has 0 saturated heterocycles. The number of nitrogens with one attached hydrogen (secondary N) is 1. The molecule has 0 aliphatic rings. The molecule has 0 radical (unpaired) electrons. The van der Waals surface area contributed by atoms with E-state index in [1.807, 2.05) is 0 Å². The predicted molar refractivity (Wildman–Crippen MR) is 70.2 cm³/mol. The van der Waals surface area contributed by atoms with Gasteiger partial charge in [-0.25, -0.2) is 0 Å². The van der Waals surface area contributed by atoms with E-state index in [0.717, 1.165) is 0 Å². The number of rotatable bonds is 3. The minimum absolute atomic E-state index is 0.0440. The van der Waals surface area contributed by atoms with E-state index in [-0.39, 0.29) is 11.1 Å². The number of anilines is 1. The maximum Gasteiger partial charge on any atom is 0.256 e. The van der Waals surface area contributed by atoms with Crippen LogP contribution in [0.4, 0.5) is 5.69 Å². The first-order chi connectivity index (χ1) is 9.08. The molecule has 0 aromatic heterocycles. The van der Waals surface area contributed by atoms with Gasteiger partial charge < -0.3 is 15.2 Å². The number of hydrogen-bond donors (Lipinski definition) is 1. The Morgan fingerprint density at radius 3 is 2.32 bits per heavy atom. The molecule has 0 saturated carbocycles. The Balaban J connectivity index is 2.28. The highest BCUT2D eigenvalue weighted by Crippen LogP contribution is 2.17. The fourth-order valence-electron chi connectivity index (χ4n) is 1.62. The summed E-state index contributed by atoms with van der Waals surface area (Å²) in [4.78, 5) is 22.9. The van der Waals surface area contributed by atoms with E-state index in [0.29, 0.717) is 10.7 Å². The van der Waals surface area contributed by atoms with E-state index < -0.39 is 11.9 Å². The van der Waals surface area contributed by atoms with Crippen LogP contribution in [0.3, 0.4) is 0 Å². The lowest BCUT2D eigenvalue weighted by Gasteiger charge is -2.10. The SMILES string of the molecule is O=C([O-])c1ccccc1C(=O)Nc1cccc(Cl)c1. The van der Waals surface area contributed by atoms with Gasteiger partial charge in [0, 0.05) is 21.8 Å². The van der Waals surface area contributed by atoms with Gasteiger partial charge in [-0.15, -0.1) is 0 Å². The smallest absolute Gasteiger partial charge is 0.256 e. The molecule has 2 aromatic carbocycles. The molecule has 4 nitrogen and oxygen atoms in total. The molecular formula is C14H9ClNO3-. The van der Waals surface area contributed by atoms with E-state index in [1.165, 1.54) is 18.2 Å². The first-order valence-corrected chi connectivity index (χ1v) is 5.83. The molecule has 5 heteroatoms.